The molecule has 0 bridgehead atoms. The number of hydrogen-bond donors (Lipinski definition) is 0. The van der Waals surface area contributed by atoms with Crippen LogP contribution in [0.15, 0.2) is 23.1 Å². The summed E-state index contributed by atoms with van der Waals surface area (Å²) in [5.74, 6) is 0.355. The van der Waals surface area contributed by atoms with E-state index in [9.17, 15) is 16.8 Å². The average Bonchev–Trinajstić information content (AvgIpc) is 2.62. The molecule has 2 saturated heterocycles. The van der Waals surface area contributed by atoms with Gasteiger partial charge in [-0.15, -0.1) is 0 Å². The van der Waals surface area contributed by atoms with Gasteiger partial charge in [-0.05, 0) is 64.7 Å². The zero-order valence-electron chi connectivity index (χ0n) is 16.8. The first-order valence-corrected chi connectivity index (χ1v) is 13.0. The summed E-state index contributed by atoms with van der Waals surface area (Å²) in [4.78, 5) is 0.0493. The van der Waals surface area contributed by atoms with E-state index in [-0.39, 0.29) is 28.5 Å². The van der Waals surface area contributed by atoms with E-state index in [0.717, 1.165) is 25.7 Å². The van der Waals surface area contributed by atoms with Crippen LogP contribution in [0.3, 0.4) is 0 Å². The van der Waals surface area contributed by atoms with Crippen molar-refractivity contribution in [2.45, 2.75) is 69.9 Å². The monoisotopic (exact) mass is 430 g/mol. The molecule has 0 amide bonds. The van der Waals surface area contributed by atoms with Crippen LogP contribution in [0.25, 0.3) is 0 Å². The zero-order chi connectivity index (χ0) is 20.5. The van der Waals surface area contributed by atoms with E-state index in [1.165, 1.54) is 10.4 Å². The summed E-state index contributed by atoms with van der Waals surface area (Å²) in [5.41, 5.74) is 0.388. The minimum atomic E-state index is -3.82. The van der Waals surface area contributed by atoms with Gasteiger partial charge in [-0.25, -0.2) is 16.8 Å². The number of anilines is 1. The van der Waals surface area contributed by atoms with Crippen LogP contribution in [0.5, 0.6) is 5.75 Å². The molecule has 2 aliphatic rings. The summed E-state index contributed by atoms with van der Waals surface area (Å²) in [5, 5.41) is 0. The average molecular weight is 431 g/mol. The minimum Gasteiger partial charge on any atom is -0.492 e. The Hall–Kier alpha value is -1.32. The first-order valence-electron chi connectivity index (χ1n) is 9.99. The van der Waals surface area contributed by atoms with Crippen molar-refractivity contribution in [3.63, 3.8) is 0 Å². The van der Waals surface area contributed by atoms with Gasteiger partial charge in [-0.1, -0.05) is 6.42 Å². The smallest absolute Gasteiger partial charge is 0.247 e. The van der Waals surface area contributed by atoms with Crippen molar-refractivity contribution in [2.75, 3.05) is 23.2 Å². The molecule has 2 atom stereocenters. The van der Waals surface area contributed by atoms with Crippen molar-refractivity contribution in [3.05, 3.63) is 18.2 Å². The van der Waals surface area contributed by atoms with E-state index in [1.807, 2.05) is 13.8 Å². The second kappa shape index (κ2) is 8.20. The largest absolute Gasteiger partial charge is 0.492 e. The molecule has 158 valence electrons. The summed E-state index contributed by atoms with van der Waals surface area (Å²) in [6, 6.07) is 4.47. The van der Waals surface area contributed by atoms with Crippen molar-refractivity contribution in [2.24, 2.45) is 0 Å². The standard InChI is InChI=1S/C19H30N2O5S2/c1-4-26-18-11-10-17(20-12-5-6-13-27(20,22)23)14-19(18)28(24,25)21-15(2)8-7-9-16(21)3/h10-11,14-16H,4-9,12-13H2,1-3H3/t15-,16+. The van der Waals surface area contributed by atoms with Crippen LogP contribution in [0.4, 0.5) is 5.69 Å². The Labute approximate surface area is 168 Å². The van der Waals surface area contributed by atoms with Crippen LogP contribution in [0, 0.1) is 0 Å². The van der Waals surface area contributed by atoms with E-state index in [2.05, 4.69) is 0 Å². The number of ether oxygens (including phenoxy) is 1. The van der Waals surface area contributed by atoms with Crippen LogP contribution in [-0.2, 0) is 20.0 Å². The second-order valence-corrected chi connectivity index (χ2v) is 11.4. The van der Waals surface area contributed by atoms with Gasteiger partial charge in [0.15, 0.2) is 0 Å². The normalized spacial score (nSPS) is 26.2. The van der Waals surface area contributed by atoms with E-state index >= 15 is 0 Å². The minimum absolute atomic E-state index is 0.0493. The van der Waals surface area contributed by atoms with Crippen LogP contribution in [0.1, 0.15) is 52.9 Å². The molecule has 2 fully saturated rings. The molecule has 7 nitrogen and oxygen atoms in total. The first-order chi connectivity index (χ1) is 13.2. The lowest BCUT2D eigenvalue weighted by Crippen LogP contribution is -2.47. The number of benzene rings is 1. The summed E-state index contributed by atoms with van der Waals surface area (Å²) in [6.07, 6.45) is 4.01. The Bertz CT molecular complexity index is 904. The fourth-order valence-electron chi connectivity index (χ4n) is 4.19. The molecule has 3 rings (SSSR count). The number of rotatable bonds is 5. The predicted octanol–water partition coefficient (Wildman–Crippen LogP) is 2.97. The van der Waals surface area contributed by atoms with Gasteiger partial charge in [0.2, 0.25) is 20.0 Å². The number of nitrogens with zero attached hydrogens (tertiary/aromatic N) is 2. The molecular formula is C19H30N2O5S2. The first kappa shape index (κ1) is 21.4. The fourth-order valence-corrected chi connectivity index (χ4v) is 7.86. The summed E-state index contributed by atoms with van der Waals surface area (Å²) in [7, 11) is -7.25. The summed E-state index contributed by atoms with van der Waals surface area (Å²) >= 11 is 0. The van der Waals surface area contributed by atoms with Crippen molar-refractivity contribution in [3.8, 4) is 5.75 Å². The lowest BCUT2D eigenvalue weighted by atomic mass is 10.0. The second-order valence-electron chi connectivity index (χ2n) is 7.62. The Balaban J connectivity index is 2.09. The van der Waals surface area contributed by atoms with Gasteiger partial charge >= 0.3 is 0 Å². The van der Waals surface area contributed by atoms with Crippen LogP contribution in [-0.4, -0.2) is 52.1 Å². The van der Waals surface area contributed by atoms with E-state index in [4.69, 9.17) is 4.74 Å². The van der Waals surface area contributed by atoms with Gasteiger partial charge in [-0.3, -0.25) is 4.31 Å². The lowest BCUT2D eigenvalue weighted by Gasteiger charge is -2.38. The fraction of sp³-hybridized carbons (Fsp3) is 0.684. The van der Waals surface area contributed by atoms with Crippen LogP contribution < -0.4 is 9.04 Å². The third-order valence-corrected chi connectivity index (χ3v) is 9.55. The highest BCUT2D eigenvalue weighted by molar-refractivity contribution is 7.92. The molecule has 0 radical (unpaired) electrons. The van der Waals surface area contributed by atoms with Crippen molar-refractivity contribution < 1.29 is 21.6 Å². The Morgan fingerprint density at radius 2 is 1.79 bits per heavy atom. The van der Waals surface area contributed by atoms with Gasteiger partial charge in [0.25, 0.3) is 0 Å². The van der Waals surface area contributed by atoms with Gasteiger partial charge in [0.05, 0.1) is 18.0 Å². The quantitative estimate of drug-likeness (QED) is 0.717. The van der Waals surface area contributed by atoms with Gasteiger partial charge in [0.1, 0.15) is 10.6 Å². The molecule has 0 aromatic heterocycles. The third-order valence-electron chi connectivity index (χ3n) is 5.53. The lowest BCUT2D eigenvalue weighted by molar-refractivity contribution is 0.203. The predicted molar refractivity (Wildman–Crippen MR) is 110 cm³/mol. The molecule has 0 saturated carbocycles. The van der Waals surface area contributed by atoms with Crippen molar-refractivity contribution in [1.82, 2.24) is 4.31 Å². The van der Waals surface area contributed by atoms with Gasteiger partial charge < -0.3 is 4.74 Å². The highest BCUT2D eigenvalue weighted by Crippen LogP contribution is 2.37. The number of sulfonamides is 2. The molecule has 2 aliphatic heterocycles. The summed E-state index contributed by atoms with van der Waals surface area (Å²) in [6.45, 7) is 6.34. The zero-order valence-corrected chi connectivity index (χ0v) is 18.4. The van der Waals surface area contributed by atoms with Crippen LogP contribution >= 0.6 is 0 Å². The van der Waals surface area contributed by atoms with Crippen molar-refractivity contribution >= 4 is 25.7 Å². The number of hydrogen-bond acceptors (Lipinski definition) is 5. The highest BCUT2D eigenvalue weighted by Gasteiger charge is 2.38. The maximum absolute atomic E-state index is 13.6. The molecular weight excluding hydrogens is 400 g/mol. The maximum atomic E-state index is 13.6. The molecule has 0 spiro atoms. The topological polar surface area (TPSA) is 84.0 Å². The molecule has 28 heavy (non-hydrogen) atoms. The van der Waals surface area contributed by atoms with E-state index < -0.39 is 20.0 Å². The van der Waals surface area contributed by atoms with Gasteiger partial charge in [0, 0.05) is 18.6 Å². The molecule has 9 heteroatoms. The highest BCUT2D eigenvalue weighted by atomic mass is 32.2. The molecule has 1 aromatic rings. The third kappa shape index (κ3) is 4.02. The Morgan fingerprint density at radius 1 is 1.11 bits per heavy atom. The molecule has 2 heterocycles. The number of piperidine rings is 1. The van der Waals surface area contributed by atoms with Crippen molar-refractivity contribution in [1.29, 1.82) is 0 Å². The summed E-state index contributed by atoms with van der Waals surface area (Å²) < 4.78 is 60.6. The van der Waals surface area contributed by atoms with Gasteiger partial charge in [-0.2, -0.15) is 4.31 Å². The SMILES string of the molecule is CCOc1ccc(N2CCCCS2(=O)=O)cc1S(=O)(=O)N1[C@H](C)CCC[C@@H]1C. The maximum Gasteiger partial charge on any atom is 0.247 e. The molecule has 0 aliphatic carbocycles. The van der Waals surface area contributed by atoms with E-state index in [0.29, 0.717) is 25.3 Å². The molecule has 0 N–H and O–H groups in total. The Kier molecular flexibility index (Phi) is 6.26. The molecule has 0 unspecified atom stereocenters. The van der Waals surface area contributed by atoms with Crippen LogP contribution in [0.2, 0.25) is 0 Å². The molecule has 1 aromatic carbocycles. The van der Waals surface area contributed by atoms with E-state index in [1.54, 1.807) is 23.4 Å². The Morgan fingerprint density at radius 3 is 2.39 bits per heavy atom.